The van der Waals surface area contributed by atoms with E-state index in [9.17, 15) is 4.79 Å². The molecule has 0 saturated heterocycles. The number of Topliss-reactive ketones (excluding diaryl/α,β-unsaturated/α-hetero) is 1. The van der Waals surface area contributed by atoms with Crippen molar-refractivity contribution in [2.75, 3.05) is 0 Å². The van der Waals surface area contributed by atoms with E-state index in [0.717, 1.165) is 29.5 Å². The molecule has 0 radical (unpaired) electrons. The Balaban J connectivity index is 2.47. The molecule has 1 heteroatoms. The topological polar surface area (TPSA) is 17.1 Å². The van der Waals surface area contributed by atoms with Crippen LogP contribution in [0.3, 0.4) is 0 Å². The maximum atomic E-state index is 11.8. The SMILES string of the molecule is CCC1=CCc2ccccc2C1=O. The van der Waals surface area contributed by atoms with Gasteiger partial charge in [-0.25, -0.2) is 0 Å². The van der Waals surface area contributed by atoms with Crippen molar-refractivity contribution >= 4 is 5.78 Å². The Hall–Kier alpha value is -1.37. The monoisotopic (exact) mass is 172 g/mol. The summed E-state index contributed by atoms with van der Waals surface area (Å²) in [7, 11) is 0. The Kier molecular flexibility index (Phi) is 2.01. The second-order valence-corrected chi connectivity index (χ2v) is 3.27. The first-order chi connectivity index (χ1) is 6.33. The van der Waals surface area contributed by atoms with Crippen LogP contribution in [0.15, 0.2) is 35.9 Å². The van der Waals surface area contributed by atoms with Gasteiger partial charge in [-0.1, -0.05) is 37.3 Å². The van der Waals surface area contributed by atoms with Crippen LogP contribution < -0.4 is 0 Å². The molecule has 0 spiro atoms. The summed E-state index contributed by atoms with van der Waals surface area (Å²) < 4.78 is 0. The first-order valence-corrected chi connectivity index (χ1v) is 4.64. The molecule has 0 amide bonds. The lowest BCUT2D eigenvalue weighted by Gasteiger charge is -2.13. The van der Waals surface area contributed by atoms with Crippen LogP contribution in [0.5, 0.6) is 0 Å². The number of fused-ring (bicyclic) bond motifs is 1. The lowest BCUT2D eigenvalue weighted by Crippen LogP contribution is -2.11. The predicted octanol–water partition coefficient (Wildman–Crippen LogP) is 2.76. The summed E-state index contributed by atoms with van der Waals surface area (Å²) in [6.45, 7) is 2.03. The molecule has 0 atom stereocenters. The first-order valence-electron chi connectivity index (χ1n) is 4.64. The van der Waals surface area contributed by atoms with Gasteiger partial charge >= 0.3 is 0 Å². The molecule has 1 aliphatic rings. The zero-order valence-corrected chi connectivity index (χ0v) is 7.71. The Bertz CT molecular complexity index is 374. The predicted molar refractivity (Wildman–Crippen MR) is 52.9 cm³/mol. The summed E-state index contributed by atoms with van der Waals surface area (Å²) in [6, 6.07) is 7.85. The number of benzene rings is 1. The van der Waals surface area contributed by atoms with Crippen LogP contribution in [-0.4, -0.2) is 5.78 Å². The van der Waals surface area contributed by atoms with Crippen molar-refractivity contribution in [1.29, 1.82) is 0 Å². The molecule has 0 saturated carbocycles. The molecule has 1 aromatic rings. The van der Waals surface area contributed by atoms with Gasteiger partial charge in [0.05, 0.1) is 0 Å². The number of hydrogen-bond donors (Lipinski definition) is 0. The molecule has 0 aliphatic heterocycles. The van der Waals surface area contributed by atoms with E-state index in [1.807, 2.05) is 37.3 Å². The summed E-state index contributed by atoms with van der Waals surface area (Å²) in [5.41, 5.74) is 3.00. The first kappa shape index (κ1) is 8.24. The fourth-order valence-corrected chi connectivity index (χ4v) is 1.72. The minimum Gasteiger partial charge on any atom is -0.289 e. The molecule has 2 rings (SSSR count). The Labute approximate surface area is 78.1 Å². The molecule has 0 aromatic heterocycles. The van der Waals surface area contributed by atoms with E-state index in [-0.39, 0.29) is 5.78 Å². The quantitative estimate of drug-likeness (QED) is 0.636. The minimum absolute atomic E-state index is 0.212. The Morgan fingerprint density at radius 3 is 2.85 bits per heavy atom. The number of ketones is 1. The zero-order chi connectivity index (χ0) is 9.26. The van der Waals surface area contributed by atoms with E-state index in [4.69, 9.17) is 0 Å². The molecule has 0 unspecified atom stereocenters. The smallest absolute Gasteiger partial charge is 0.188 e. The number of carbonyl (C=O) groups is 1. The number of allylic oxidation sites excluding steroid dienone is 2. The molecule has 0 heterocycles. The fourth-order valence-electron chi connectivity index (χ4n) is 1.72. The van der Waals surface area contributed by atoms with E-state index in [0.29, 0.717) is 0 Å². The minimum atomic E-state index is 0.212. The highest BCUT2D eigenvalue weighted by atomic mass is 16.1. The van der Waals surface area contributed by atoms with Crippen molar-refractivity contribution in [3.05, 3.63) is 47.0 Å². The third kappa shape index (κ3) is 1.31. The van der Waals surface area contributed by atoms with E-state index in [1.165, 1.54) is 0 Å². The van der Waals surface area contributed by atoms with Gasteiger partial charge in [-0.15, -0.1) is 0 Å². The van der Waals surface area contributed by atoms with Crippen molar-refractivity contribution in [1.82, 2.24) is 0 Å². The largest absolute Gasteiger partial charge is 0.289 e. The molecule has 66 valence electrons. The highest BCUT2D eigenvalue weighted by molar-refractivity contribution is 6.10. The van der Waals surface area contributed by atoms with E-state index < -0.39 is 0 Å². The van der Waals surface area contributed by atoms with Gasteiger partial charge in [-0.05, 0) is 24.0 Å². The number of hydrogen-bond acceptors (Lipinski definition) is 1. The maximum absolute atomic E-state index is 11.8. The third-order valence-electron chi connectivity index (χ3n) is 2.50. The van der Waals surface area contributed by atoms with E-state index in [1.54, 1.807) is 0 Å². The van der Waals surface area contributed by atoms with Crippen molar-refractivity contribution < 1.29 is 4.79 Å². The summed E-state index contributed by atoms with van der Waals surface area (Å²) in [5, 5.41) is 0. The highest BCUT2D eigenvalue weighted by Gasteiger charge is 2.17. The molecule has 0 N–H and O–H groups in total. The average Bonchev–Trinajstić information content (AvgIpc) is 2.19. The summed E-state index contributed by atoms with van der Waals surface area (Å²) in [5.74, 6) is 0.212. The second kappa shape index (κ2) is 3.17. The molecular formula is C12H12O. The summed E-state index contributed by atoms with van der Waals surface area (Å²) in [6.07, 6.45) is 3.79. The Morgan fingerprint density at radius 2 is 2.08 bits per heavy atom. The maximum Gasteiger partial charge on any atom is 0.188 e. The van der Waals surface area contributed by atoms with Crippen LogP contribution in [0.25, 0.3) is 0 Å². The van der Waals surface area contributed by atoms with E-state index in [2.05, 4.69) is 0 Å². The fraction of sp³-hybridized carbons (Fsp3) is 0.250. The highest BCUT2D eigenvalue weighted by Crippen LogP contribution is 2.22. The van der Waals surface area contributed by atoms with Gasteiger partial charge in [-0.3, -0.25) is 4.79 Å². The Morgan fingerprint density at radius 1 is 1.31 bits per heavy atom. The van der Waals surface area contributed by atoms with Crippen molar-refractivity contribution in [3.63, 3.8) is 0 Å². The molecule has 0 bridgehead atoms. The van der Waals surface area contributed by atoms with Crippen molar-refractivity contribution in [2.24, 2.45) is 0 Å². The van der Waals surface area contributed by atoms with Crippen molar-refractivity contribution in [3.8, 4) is 0 Å². The van der Waals surface area contributed by atoms with Crippen LogP contribution in [0.2, 0.25) is 0 Å². The van der Waals surface area contributed by atoms with Crippen LogP contribution in [0.4, 0.5) is 0 Å². The zero-order valence-electron chi connectivity index (χ0n) is 7.71. The van der Waals surface area contributed by atoms with Crippen LogP contribution in [0.1, 0.15) is 29.3 Å². The molecule has 1 nitrogen and oxygen atoms in total. The van der Waals surface area contributed by atoms with Gasteiger partial charge in [0.1, 0.15) is 0 Å². The van der Waals surface area contributed by atoms with Gasteiger partial charge in [0.25, 0.3) is 0 Å². The third-order valence-corrected chi connectivity index (χ3v) is 2.50. The summed E-state index contributed by atoms with van der Waals surface area (Å²) >= 11 is 0. The van der Waals surface area contributed by atoms with E-state index >= 15 is 0 Å². The molecule has 1 aliphatic carbocycles. The van der Waals surface area contributed by atoms with Gasteiger partial charge < -0.3 is 0 Å². The van der Waals surface area contributed by atoms with Gasteiger partial charge in [0.2, 0.25) is 0 Å². The number of rotatable bonds is 1. The van der Waals surface area contributed by atoms with Gasteiger partial charge in [0.15, 0.2) is 5.78 Å². The van der Waals surface area contributed by atoms with Crippen LogP contribution >= 0.6 is 0 Å². The van der Waals surface area contributed by atoms with Crippen LogP contribution in [0, 0.1) is 0 Å². The molecule has 13 heavy (non-hydrogen) atoms. The van der Waals surface area contributed by atoms with Gasteiger partial charge in [0, 0.05) is 5.56 Å². The lowest BCUT2D eigenvalue weighted by atomic mass is 9.89. The normalized spacial score (nSPS) is 15.2. The summed E-state index contributed by atoms with van der Waals surface area (Å²) in [4.78, 5) is 11.8. The van der Waals surface area contributed by atoms with Gasteiger partial charge in [-0.2, -0.15) is 0 Å². The lowest BCUT2D eigenvalue weighted by molar-refractivity contribution is 0.102. The molecular weight excluding hydrogens is 160 g/mol. The molecule has 0 fully saturated rings. The van der Waals surface area contributed by atoms with Crippen molar-refractivity contribution in [2.45, 2.75) is 19.8 Å². The standard InChI is InChI=1S/C12H12O/c1-2-9-7-8-10-5-3-4-6-11(10)12(9)13/h3-7H,2,8H2,1H3. The second-order valence-electron chi connectivity index (χ2n) is 3.27. The average molecular weight is 172 g/mol. The van der Waals surface area contributed by atoms with Crippen LogP contribution in [-0.2, 0) is 6.42 Å². The molecule has 1 aromatic carbocycles. The number of carbonyl (C=O) groups excluding carboxylic acids is 1.